The molecule has 4 heteroatoms. The molecule has 0 aliphatic heterocycles. The lowest BCUT2D eigenvalue weighted by atomic mass is 10.0. The lowest BCUT2D eigenvalue weighted by Crippen LogP contribution is -2.34. The van der Waals surface area contributed by atoms with E-state index < -0.39 is 0 Å². The number of hydrogen-bond donors (Lipinski definition) is 3. The Bertz CT molecular complexity index is 389. The van der Waals surface area contributed by atoms with Crippen LogP contribution in [0, 0.1) is 12.8 Å². The minimum absolute atomic E-state index is 0.141. The number of aromatic hydroxyl groups is 1. The molecule has 0 fully saturated rings. The van der Waals surface area contributed by atoms with Gasteiger partial charge in [-0.05, 0) is 25.5 Å². The number of benzene rings is 1. The highest BCUT2D eigenvalue weighted by Gasteiger charge is 2.17. The lowest BCUT2D eigenvalue weighted by Gasteiger charge is -2.15. The second kappa shape index (κ2) is 4.99. The van der Waals surface area contributed by atoms with Crippen molar-refractivity contribution in [3.63, 3.8) is 0 Å². The second-order valence-electron chi connectivity index (χ2n) is 4.14. The van der Waals surface area contributed by atoms with Gasteiger partial charge in [0.1, 0.15) is 5.75 Å². The molecule has 1 amide bonds. The van der Waals surface area contributed by atoms with Crippen LogP contribution < -0.4 is 11.1 Å². The predicted molar refractivity (Wildman–Crippen MR) is 64.3 cm³/mol. The molecule has 0 saturated carbocycles. The first kappa shape index (κ1) is 12.5. The van der Waals surface area contributed by atoms with Crippen LogP contribution in [0.1, 0.15) is 19.4 Å². The molecule has 0 aliphatic rings. The first-order valence-corrected chi connectivity index (χ1v) is 5.28. The number of nitrogens with two attached hydrogens (primary N) is 1. The summed E-state index contributed by atoms with van der Waals surface area (Å²) >= 11 is 0. The number of rotatable bonds is 3. The molecular weight excluding hydrogens is 204 g/mol. The number of nitrogens with one attached hydrogen (secondary N) is 1. The minimum Gasteiger partial charge on any atom is -0.508 e. The van der Waals surface area contributed by atoms with Crippen molar-refractivity contribution >= 4 is 11.6 Å². The van der Waals surface area contributed by atoms with Crippen molar-refractivity contribution in [3.8, 4) is 5.75 Å². The molecular formula is C12H18N2O2. The van der Waals surface area contributed by atoms with Gasteiger partial charge in [-0.15, -0.1) is 0 Å². The zero-order valence-electron chi connectivity index (χ0n) is 9.82. The van der Waals surface area contributed by atoms with Gasteiger partial charge in [-0.1, -0.05) is 13.0 Å². The molecule has 0 radical (unpaired) electrons. The maximum atomic E-state index is 11.7. The maximum Gasteiger partial charge on any atom is 0.228 e. The molecule has 0 aromatic heterocycles. The summed E-state index contributed by atoms with van der Waals surface area (Å²) < 4.78 is 0. The Kier molecular flexibility index (Phi) is 3.90. The number of amides is 1. The Labute approximate surface area is 95.5 Å². The summed E-state index contributed by atoms with van der Waals surface area (Å²) in [5, 5.41) is 12.2. The van der Waals surface area contributed by atoms with Crippen molar-refractivity contribution in [1.82, 2.24) is 0 Å². The van der Waals surface area contributed by atoms with Gasteiger partial charge in [0.15, 0.2) is 0 Å². The summed E-state index contributed by atoms with van der Waals surface area (Å²) in [5.41, 5.74) is 6.99. The van der Waals surface area contributed by atoms with E-state index in [4.69, 9.17) is 5.73 Å². The van der Waals surface area contributed by atoms with Crippen LogP contribution in [-0.2, 0) is 4.79 Å². The van der Waals surface area contributed by atoms with Crippen LogP contribution in [0.15, 0.2) is 18.2 Å². The van der Waals surface area contributed by atoms with Crippen molar-refractivity contribution < 1.29 is 9.90 Å². The fourth-order valence-electron chi connectivity index (χ4n) is 1.18. The molecule has 1 rings (SSSR count). The molecule has 0 bridgehead atoms. The van der Waals surface area contributed by atoms with Crippen molar-refractivity contribution in [2.75, 3.05) is 5.32 Å². The van der Waals surface area contributed by atoms with Crippen LogP contribution in [0.3, 0.4) is 0 Å². The van der Waals surface area contributed by atoms with Gasteiger partial charge in [-0.3, -0.25) is 4.79 Å². The number of anilines is 1. The molecule has 2 atom stereocenters. The average Bonchev–Trinajstić information content (AvgIpc) is 2.22. The summed E-state index contributed by atoms with van der Waals surface area (Å²) in [6, 6.07) is 4.84. The number of hydrogen-bond acceptors (Lipinski definition) is 3. The van der Waals surface area contributed by atoms with Crippen LogP contribution in [0.4, 0.5) is 5.69 Å². The largest absolute Gasteiger partial charge is 0.508 e. The van der Waals surface area contributed by atoms with E-state index in [1.807, 2.05) is 0 Å². The summed E-state index contributed by atoms with van der Waals surface area (Å²) in [7, 11) is 0. The smallest absolute Gasteiger partial charge is 0.228 e. The van der Waals surface area contributed by atoms with Gasteiger partial charge < -0.3 is 16.2 Å². The number of aryl methyl sites for hydroxylation is 1. The van der Waals surface area contributed by atoms with Crippen molar-refractivity contribution in [2.24, 2.45) is 11.7 Å². The third kappa shape index (κ3) is 2.97. The Balaban J connectivity index is 2.74. The van der Waals surface area contributed by atoms with Gasteiger partial charge in [-0.25, -0.2) is 0 Å². The monoisotopic (exact) mass is 222 g/mol. The summed E-state index contributed by atoms with van der Waals surface area (Å²) in [5.74, 6) is -0.229. The molecule has 0 saturated heterocycles. The molecule has 88 valence electrons. The van der Waals surface area contributed by atoms with Gasteiger partial charge in [0.05, 0.1) is 5.92 Å². The van der Waals surface area contributed by atoms with E-state index in [1.165, 1.54) is 6.07 Å². The highest BCUT2D eigenvalue weighted by molar-refractivity contribution is 5.92. The summed E-state index contributed by atoms with van der Waals surface area (Å²) in [4.78, 5) is 11.7. The van der Waals surface area contributed by atoms with E-state index >= 15 is 0 Å². The van der Waals surface area contributed by atoms with Crippen LogP contribution in [0.2, 0.25) is 0 Å². The Morgan fingerprint density at radius 1 is 1.44 bits per heavy atom. The van der Waals surface area contributed by atoms with E-state index in [-0.39, 0.29) is 23.6 Å². The van der Waals surface area contributed by atoms with E-state index in [1.54, 1.807) is 32.9 Å². The molecule has 4 nitrogen and oxygen atoms in total. The van der Waals surface area contributed by atoms with Crippen molar-refractivity contribution in [3.05, 3.63) is 23.8 Å². The van der Waals surface area contributed by atoms with E-state index in [9.17, 15) is 9.90 Å². The summed E-state index contributed by atoms with van der Waals surface area (Å²) in [6.45, 7) is 5.36. The molecule has 0 aliphatic carbocycles. The fourth-order valence-corrected chi connectivity index (χ4v) is 1.18. The zero-order chi connectivity index (χ0) is 12.3. The second-order valence-corrected chi connectivity index (χ2v) is 4.14. The van der Waals surface area contributed by atoms with Crippen molar-refractivity contribution in [2.45, 2.75) is 26.8 Å². The van der Waals surface area contributed by atoms with Gasteiger partial charge in [-0.2, -0.15) is 0 Å². The molecule has 1 aromatic carbocycles. The van der Waals surface area contributed by atoms with Crippen LogP contribution >= 0.6 is 0 Å². The molecule has 0 spiro atoms. The third-order valence-corrected chi connectivity index (χ3v) is 2.68. The molecule has 1 aromatic rings. The standard InChI is InChI=1S/C12H18N2O2/c1-7-4-5-10(6-11(7)15)14-12(16)8(2)9(3)13/h4-6,8-9,15H,13H2,1-3H3,(H,14,16). The SMILES string of the molecule is Cc1ccc(NC(=O)C(C)C(C)N)cc1O. The molecule has 0 heterocycles. The topological polar surface area (TPSA) is 75.4 Å². The quantitative estimate of drug-likeness (QED) is 0.727. The average molecular weight is 222 g/mol. The number of carbonyl (C=O) groups is 1. The normalized spacial score (nSPS) is 14.2. The first-order chi connectivity index (χ1) is 7.41. The van der Waals surface area contributed by atoms with Gasteiger partial charge in [0, 0.05) is 17.8 Å². The van der Waals surface area contributed by atoms with Crippen LogP contribution in [0.25, 0.3) is 0 Å². The maximum absolute atomic E-state index is 11.7. The van der Waals surface area contributed by atoms with Gasteiger partial charge in [0.2, 0.25) is 5.91 Å². The lowest BCUT2D eigenvalue weighted by molar-refractivity contribution is -0.119. The fraction of sp³-hybridized carbons (Fsp3) is 0.417. The molecule has 4 N–H and O–H groups in total. The number of carbonyl (C=O) groups excluding carboxylic acids is 1. The zero-order valence-corrected chi connectivity index (χ0v) is 9.82. The Morgan fingerprint density at radius 2 is 2.06 bits per heavy atom. The van der Waals surface area contributed by atoms with Gasteiger partial charge >= 0.3 is 0 Å². The van der Waals surface area contributed by atoms with E-state index in [2.05, 4.69) is 5.32 Å². The Hall–Kier alpha value is -1.55. The molecule has 16 heavy (non-hydrogen) atoms. The molecule has 2 unspecified atom stereocenters. The third-order valence-electron chi connectivity index (χ3n) is 2.68. The van der Waals surface area contributed by atoms with Crippen LogP contribution in [0.5, 0.6) is 5.75 Å². The first-order valence-electron chi connectivity index (χ1n) is 5.28. The number of phenols is 1. The minimum atomic E-state index is -0.261. The van der Waals surface area contributed by atoms with Crippen molar-refractivity contribution in [1.29, 1.82) is 0 Å². The highest BCUT2D eigenvalue weighted by atomic mass is 16.3. The predicted octanol–water partition coefficient (Wildman–Crippen LogP) is 1.62. The van der Waals surface area contributed by atoms with E-state index in [0.717, 1.165) is 5.56 Å². The number of phenolic OH excluding ortho intramolecular Hbond substituents is 1. The summed E-state index contributed by atoms with van der Waals surface area (Å²) in [6.07, 6.45) is 0. The van der Waals surface area contributed by atoms with Crippen LogP contribution in [-0.4, -0.2) is 17.1 Å². The van der Waals surface area contributed by atoms with E-state index in [0.29, 0.717) is 5.69 Å². The Morgan fingerprint density at radius 3 is 2.56 bits per heavy atom. The highest BCUT2D eigenvalue weighted by Crippen LogP contribution is 2.21. The van der Waals surface area contributed by atoms with Gasteiger partial charge in [0.25, 0.3) is 0 Å².